The minimum absolute atomic E-state index is 1.31. The molecule has 0 amide bonds. The van der Waals surface area contributed by atoms with Crippen LogP contribution in [-0.4, -0.2) is 49.4 Å². The lowest BCUT2D eigenvalue weighted by Gasteiger charge is -2.42. The number of hydrogen-bond donors (Lipinski definition) is 3. The second kappa shape index (κ2) is 4.06. The van der Waals surface area contributed by atoms with E-state index in [1.54, 1.807) is 13.1 Å². The Morgan fingerprint density at radius 2 is 0.812 bits per heavy atom. The zero-order valence-electron chi connectivity index (χ0n) is 9.97. The quantitative estimate of drug-likeness (QED) is 0.517. The molecule has 0 aliphatic carbocycles. The molecule has 0 spiro atoms. The first-order valence-electron chi connectivity index (χ1n) is 4.80. The molecule has 96 valence electrons. The van der Waals surface area contributed by atoms with Crippen molar-refractivity contribution in [2.24, 2.45) is 0 Å². The molecule has 1 fully saturated rings. The highest BCUT2D eigenvalue weighted by Crippen LogP contribution is 2.26. The van der Waals surface area contributed by atoms with Crippen LogP contribution in [-0.2, 0) is 16.5 Å². The maximum absolute atomic E-state index is 9.90. The van der Waals surface area contributed by atoms with Crippen LogP contribution in [0.4, 0.5) is 0 Å². The summed E-state index contributed by atoms with van der Waals surface area (Å²) >= 11 is 0. The normalized spacial score (nSPS) is 49.5. The fourth-order valence-corrected chi connectivity index (χ4v) is 16.8. The summed E-state index contributed by atoms with van der Waals surface area (Å²) < 4.78 is 21.0. The van der Waals surface area contributed by atoms with E-state index in [-0.39, 0.29) is 0 Å². The van der Waals surface area contributed by atoms with Gasteiger partial charge < -0.3 is 30.8 Å². The smallest absolute Gasteiger partial charge is 0.394 e. The highest BCUT2D eigenvalue weighted by atomic mass is 28.5. The van der Waals surface area contributed by atoms with Crippen LogP contribution in [0.5, 0.6) is 0 Å². The molecule has 1 saturated heterocycles. The number of hydrogen-bond acceptors (Lipinski definition) is 7. The molecule has 1 rings (SSSR count). The van der Waals surface area contributed by atoms with Gasteiger partial charge in [0.05, 0.1) is 0 Å². The Morgan fingerprint density at radius 3 is 1.12 bits per heavy atom. The van der Waals surface area contributed by atoms with Gasteiger partial charge in [-0.1, -0.05) is 0 Å². The standard InChI is InChI=1S/C5H18O7Si4/c1-13(2)9-14(3,6)11-16(5,8)12-15(4,7)10-13/h6-8H,1-5H3. The minimum Gasteiger partial charge on any atom is -0.394 e. The Kier molecular flexibility index (Phi) is 3.72. The molecule has 2 atom stereocenters. The van der Waals surface area contributed by atoms with Crippen LogP contribution < -0.4 is 0 Å². The summed E-state index contributed by atoms with van der Waals surface area (Å²) in [5, 5.41) is 0. The van der Waals surface area contributed by atoms with Crippen molar-refractivity contribution in [2.45, 2.75) is 32.7 Å². The molecule has 11 heteroatoms. The molecule has 1 aliphatic rings. The van der Waals surface area contributed by atoms with E-state index in [0.717, 1.165) is 0 Å². The SMILES string of the molecule is C[Si]1(C)O[Si](C)(O)O[Si](C)(O)O[Si](C)(O)O1. The van der Waals surface area contributed by atoms with Gasteiger partial charge in [-0.05, 0) is 13.1 Å². The maximum Gasteiger partial charge on any atom is 0.480 e. The Balaban J connectivity index is 2.98. The molecule has 0 bridgehead atoms. The Labute approximate surface area is 98.9 Å². The minimum atomic E-state index is -3.61. The molecule has 16 heavy (non-hydrogen) atoms. The lowest BCUT2D eigenvalue weighted by atomic mass is 11.9. The first-order valence-corrected chi connectivity index (χ1v) is 14.4. The summed E-state index contributed by atoms with van der Waals surface area (Å²) in [5.41, 5.74) is 0. The van der Waals surface area contributed by atoms with E-state index in [2.05, 4.69) is 0 Å². The molecule has 0 radical (unpaired) electrons. The predicted molar refractivity (Wildman–Crippen MR) is 63.3 cm³/mol. The van der Waals surface area contributed by atoms with E-state index < -0.39 is 35.0 Å². The van der Waals surface area contributed by atoms with E-state index in [1.807, 2.05) is 0 Å². The van der Waals surface area contributed by atoms with Crippen molar-refractivity contribution in [3.05, 3.63) is 0 Å². The van der Waals surface area contributed by atoms with Crippen LogP contribution in [0.15, 0.2) is 0 Å². The average molecular weight is 303 g/mol. The first-order chi connectivity index (χ1) is 6.83. The van der Waals surface area contributed by atoms with Crippen molar-refractivity contribution in [1.29, 1.82) is 0 Å². The molecule has 1 heterocycles. The van der Waals surface area contributed by atoms with Gasteiger partial charge in [0.15, 0.2) is 0 Å². The lowest BCUT2D eigenvalue weighted by molar-refractivity contribution is 0.106. The predicted octanol–water partition coefficient (Wildman–Crippen LogP) is -0.549. The highest BCUT2D eigenvalue weighted by Gasteiger charge is 2.56. The summed E-state index contributed by atoms with van der Waals surface area (Å²) in [4.78, 5) is 29.6. The monoisotopic (exact) mass is 302 g/mol. The van der Waals surface area contributed by atoms with Crippen LogP contribution in [0.1, 0.15) is 0 Å². The van der Waals surface area contributed by atoms with Gasteiger partial charge in [-0.3, -0.25) is 0 Å². The van der Waals surface area contributed by atoms with Crippen molar-refractivity contribution in [3.8, 4) is 0 Å². The third-order valence-corrected chi connectivity index (χ3v) is 14.7. The van der Waals surface area contributed by atoms with Crippen LogP contribution in [0.3, 0.4) is 0 Å². The first kappa shape index (κ1) is 14.6. The molecule has 2 unspecified atom stereocenters. The second-order valence-electron chi connectivity index (χ2n) is 4.50. The van der Waals surface area contributed by atoms with Crippen molar-refractivity contribution < 1.29 is 30.8 Å². The van der Waals surface area contributed by atoms with E-state index in [1.165, 1.54) is 19.6 Å². The molecule has 0 aromatic heterocycles. The Bertz CT molecular complexity index is 206. The molecule has 0 aromatic carbocycles. The van der Waals surface area contributed by atoms with Gasteiger partial charge in [-0.15, -0.1) is 0 Å². The summed E-state index contributed by atoms with van der Waals surface area (Å²) in [5.74, 6) is 0. The van der Waals surface area contributed by atoms with Crippen molar-refractivity contribution in [3.63, 3.8) is 0 Å². The third-order valence-electron chi connectivity index (χ3n) is 1.63. The van der Waals surface area contributed by atoms with E-state index >= 15 is 0 Å². The summed E-state index contributed by atoms with van der Waals surface area (Å²) in [6.07, 6.45) is 0. The molecule has 3 N–H and O–H groups in total. The maximum atomic E-state index is 9.90. The van der Waals surface area contributed by atoms with Crippen LogP contribution in [0.2, 0.25) is 32.7 Å². The molecular formula is C5H18O7Si4. The van der Waals surface area contributed by atoms with E-state index in [9.17, 15) is 14.4 Å². The van der Waals surface area contributed by atoms with Gasteiger partial charge in [-0.2, -0.15) is 0 Å². The largest absolute Gasteiger partial charge is 0.480 e. The molecule has 7 nitrogen and oxygen atoms in total. The van der Waals surface area contributed by atoms with Crippen molar-refractivity contribution in [2.75, 3.05) is 0 Å². The Hall–Kier alpha value is 0.588. The van der Waals surface area contributed by atoms with Crippen LogP contribution in [0, 0.1) is 0 Å². The topological polar surface area (TPSA) is 97.6 Å². The van der Waals surface area contributed by atoms with Gasteiger partial charge in [0, 0.05) is 19.6 Å². The zero-order valence-corrected chi connectivity index (χ0v) is 14.0. The zero-order chi connectivity index (χ0) is 12.8. The second-order valence-corrected chi connectivity index (χ2v) is 16.0. The van der Waals surface area contributed by atoms with Gasteiger partial charge >= 0.3 is 35.0 Å². The van der Waals surface area contributed by atoms with Crippen LogP contribution >= 0.6 is 0 Å². The Morgan fingerprint density at radius 1 is 0.562 bits per heavy atom. The van der Waals surface area contributed by atoms with Gasteiger partial charge in [0.1, 0.15) is 0 Å². The molecule has 0 saturated carbocycles. The van der Waals surface area contributed by atoms with Crippen molar-refractivity contribution in [1.82, 2.24) is 0 Å². The molecular weight excluding hydrogens is 284 g/mol. The average Bonchev–Trinajstić information content (AvgIpc) is 1.67. The third kappa shape index (κ3) is 4.45. The molecule has 1 aliphatic heterocycles. The van der Waals surface area contributed by atoms with Gasteiger partial charge in [0.2, 0.25) is 0 Å². The van der Waals surface area contributed by atoms with Gasteiger partial charge in [0.25, 0.3) is 0 Å². The summed E-state index contributed by atoms with van der Waals surface area (Å²) in [6, 6.07) is 0. The summed E-state index contributed by atoms with van der Waals surface area (Å²) in [6.45, 7) is 7.42. The lowest BCUT2D eigenvalue weighted by Crippen LogP contribution is -2.67. The fraction of sp³-hybridized carbons (Fsp3) is 1.00. The van der Waals surface area contributed by atoms with E-state index in [0.29, 0.717) is 0 Å². The van der Waals surface area contributed by atoms with Gasteiger partial charge in [-0.25, -0.2) is 0 Å². The van der Waals surface area contributed by atoms with Crippen molar-refractivity contribution >= 4 is 35.0 Å². The summed E-state index contributed by atoms with van der Waals surface area (Å²) in [7, 11) is -13.3. The van der Waals surface area contributed by atoms with Crippen LogP contribution in [0.25, 0.3) is 0 Å². The highest BCUT2D eigenvalue weighted by molar-refractivity contribution is 6.88. The number of rotatable bonds is 0. The van der Waals surface area contributed by atoms with E-state index in [4.69, 9.17) is 16.5 Å². The molecule has 0 aromatic rings. The fourth-order valence-electron chi connectivity index (χ4n) is 1.70.